The normalized spacial score (nSPS) is 24.8. The van der Waals surface area contributed by atoms with E-state index in [9.17, 15) is 28.0 Å². The molecule has 8 atom stereocenters. The van der Waals surface area contributed by atoms with Crippen molar-refractivity contribution in [3.05, 3.63) is 92.0 Å². The molecule has 4 aliphatic carbocycles. The monoisotopic (exact) mass is 1160 g/mol. The smallest absolute Gasteiger partial charge is 0.327 e. The molecule has 440 valence electrons. The molecule has 17 heteroatoms. The van der Waals surface area contributed by atoms with Gasteiger partial charge in [0.15, 0.2) is 0 Å². The first-order chi connectivity index (χ1) is 37.8. The van der Waals surface area contributed by atoms with Crippen LogP contribution in [0.15, 0.2) is 42.5 Å². The maximum absolute atomic E-state index is 14.1. The van der Waals surface area contributed by atoms with Crippen molar-refractivity contribution in [2.24, 2.45) is 29.6 Å². The largest absolute Gasteiger partial charge is 0.493 e. The Bertz CT molecular complexity index is 2400. The van der Waals surface area contributed by atoms with E-state index in [2.05, 4.69) is 32.6 Å². The fourth-order valence-corrected chi connectivity index (χ4v) is 12.8. The molecular weight excluding hydrogens is 1070 g/mol. The van der Waals surface area contributed by atoms with Gasteiger partial charge in [0.1, 0.15) is 35.2 Å². The van der Waals surface area contributed by atoms with E-state index < -0.39 is 30.1 Å². The lowest BCUT2D eigenvalue weighted by molar-refractivity contribution is -0.144. The van der Waals surface area contributed by atoms with Gasteiger partial charge in [-0.1, -0.05) is 83.5 Å². The second-order valence-electron chi connectivity index (χ2n) is 22.8. The minimum atomic E-state index is -1.06. The number of nitrogens with zero attached hydrogens (tertiary/aromatic N) is 3. The third-order valence-electron chi connectivity index (χ3n) is 16.4. The van der Waals surface area contributed by atoms with Crippen molar-refractivity contribution in [1.82, 2.24) is 14.7 Å². The molecule has 3 N–H and O–H groups in total. The van der Waals surface area contributed by atoms with Crippen LogP contribution < -0.4 is 9.47 Å². The van der Waals surface area contributed by atoms with Gasteiger partial charge in [-0.15, -0.1) is 11.8 Å². The number of carbonyl (C=O) groups is 4. The number of hydrogen-bond acceptors (Lipinski definition) is 9. The van der Waals surface area contributed by atoms with Crippen LogP contribution in [0.25, 0.3) is 0 Å². The van der Waals surface area contributed by atoms with Gasteiger partial charge in [-0.2, -0.15) is 0 Å². The number of aliphatic hydroxyl groups excluding tert-OH is 1. The third-order valence-corrected chi connectivity index (χ3v) is 17.9. The molecule has 10 rings (SSSR count). The van der Waals surface area contributed by atoms with Gasteiger partial charge < -0.3 is 34.6 Å². The SMILES string of the molecule is CC.CCC1CCC(C)C1.Cc1cc(C2CC2)c(OCC2CCC(C)C2)cc1F.Cc1cc(C2CC2)c(OCC2CCN(C(C)c3cc(Cl)cc(Cl)c3)CC2)cc1F.O=CN1CC(O)CC1C(=O)O.O=CN1CSCC1C(=O)O. The second kappa shape index (κ2) is 32.5. The van der Waals surface area contributed by atoms with Crippen molar-refractivity contribution in [3.63, 3.8) is 0 Å². The van der Waals surface area contributed by atoms with Crippen molar-refractivity contribution < 1.29 is 52.8 Å². The third kappa shape index (κ3) is 20.7. The molecular formula is C62H89Cl2F2N3O9S. The van der Waals surface area contributed by atoms with Gasteiger partial charge in [-0.05, 0) is 191 Å². The van der Waals surface area contributed by atoms with Crippen LogP contribution in [0.2, 0.25) is 10.0 Å². The van der Waals surface area contributed by atoms with E-state index in [4.69, 9.17) is 48.0 Å². The summed E-state index contributed by atoms with van der Waals surface area (Å²) in [5.74, 6) is 5.51. The Morgan fingerprint density at radius 2 is 1.16 bits per heavy atom. The van der Waals surface area contributed by atoms with E-state index in [-0.39, 0.29) is 30.6 Å². The number of hydrogen-bond donors (Lipinski definition) is 3. The molecule has 3 aromatic rings. The number of halogens is 4. The fourth-order valence-electron chi connectivity index (χ4n) is 11.1. The summed E-state index contributed by atoms with van der Waals surface area (Å²) in [5.41, 5.74) is 5.02. The molecule has 3 saturated heterocycles. The van der Waals surface area contributed by atoms with Crippen LogP contribution in [0.5, 0.6) is 11.5 Å². The second-order valence-corrected chi connectivity index (χ2v) is 24.7. The van der Waals surface area contributed by atoms with Crippen LogP contribution in [-0.2, 0) is 19.2 Å². The highest BCUT2D eigenvalue weighted by Gasteiger charge is 2.35. The van der Waals surface area contributed by atoms with Gasteiger partial charge in [0.25, 0.3) is 0 Å². The number of ether oxygens (including phenoxy) is 2. The number of likely N-dealkylation sites (tertiary alicyclic amines) is 2. The Labute approximate surface area is 483 Å². The van der Waals surface area contributed by atoms with Gasteiger partial charge in [0.05, 0.1) is 25.2 Å². The summed E-state index contributed by atoms with van der Waals surface area (Å²) in [6.07, 6.45) is 17.2. The van der Waals surface area contributed by atoms with Crippen molar-refractivity contribution in [1.29, 1.82) is 0 Å². The molecule has 4 saturated carbocycles. The average Bonchev–Trinajstić information content (AvgIpc) is 4.33. The Morgan fingerprint density at radius 3 is 1.56 bits per heavy atom. The number of β-amino-alcohol motifs (C(OH)–C–C–N with tert-alkyl or cyclic N) is 1. The molecule has 0 radical (unpaired) electrons. The number of aliphatic hydroxyl groups is 1. The number of benzene rings is 3. The first-order valence-corrected chi connectivity index (χ1v) is 30.9. The Morgan fingerprint density at radius 1 is 0.684 bits per heavy atom. The van der Waals surface area contributed by atoms with Gasteiger partial charge in [-0.25, -0.2) is 18.4 Å². The van der Waals surface area contributed by atoms with Gasteiger partial charge in [-0.3, -0.25) is 14.5 Å². The lowest BCUT2D eigenvalue weighted by Crippen LogP contribution is -2.37. The predicted octanol–water partition coefficient (Wildman–Crippen LogP) is 14.1. The van der Waals surface area contributed by atoms with Crippen molar-refractivity contribution in [2.75, 3.05) is 44.5 Å². The number of aryl methyl sites for hydroxylation is 2. The van der Waals surface area contributed by atoms with Crippen molar-refractivity contribution >= 4 is 59.7 Å². The van der Waals surface area contributed by atoms with Gasteiger partial charge in [0.2, 0.25) is 12.8 Å². The summed E-state index contributed by atoms with van der Waals surface area (Å²) >= 11 is 13.8. The minimum absolute atomic E-state index is 0.125. The zero-order valence-electron chi connectivity index (χ0n) is 47.9. The van der Waals surface area contributed by atoms with E-state index in [1.807, 2.05) is 52.0 Å². The number of carboxylic acids is 2. The molecule has 7 fully saturated rings. The molecule has 7 aliphatic rings. The summed E-state index contributed by atoms with van der Waals surface area (Å²) in [6, 6.07) is 11.7. The van der Waals surface area contributed by atoms with Crippen LogP contribution in [0, 0.1) is 55.1 Å². The van der Waals surface area contributed by atoms with Crippen LogP contribution >= 0.6 is 35.0 Å². The summed E-state index contributed by atoms with van der Waals surface area (Å²) in [6.45, 7) is 20.4. The summed E-state index contributed by atoms with van der Waals surface area (Å²) in [5, 5.41) is 27.4. The number of piperidine rings is 1. The molecule has 2 amide bonds. The maximum atomic E-state index is 14.1. The van der Waals surface area contributed by atoms with Crippen molar-refractivity contribution in [2.45, 2.75) is 181 Å². The highest BCUT2D eigenvalue weighted by atomic mass is 35.5. The Balaban J connectivity index is 0.000000197. The maximum Gasteiger partial charge on any atom is 0.327 e. The topological polar surface area (TPSA) is 157 Å². The lowest BCUT2D eigenvalue weighted by Gasteiger charge is -2.36. The number of thioether (sulfide) groups is 1. The molecule has 79 heavy (non-hydrogen) atoms. The van der Waals surface area contributed by atoms with E-state index in [1.165, 1.54) is 98.4 Å². The summed E-state index contributed by atoms with van der Waals surface area (Å²) < 4.78 is 39.9. The molecule has 3 aromatic carbocycles. The van der Waals surface area contributed by atoms with Gasteiger partial charge >= 0.3 is 11.9 Å². The van der Waals surface area contributed by atoms with Crippen LogP contribution in [0.3, 0.4) is 0 Å². The van der Waals surface area contributed by atoms with Crippen LogP contribution in [0.1, 0.15) is 177 Å². The zero-order chi connectivity index (χ0) is 57.9. The van der Waals surface area contributed by atoms with E-state index in [0.29, 0.717) is 70.3 Å². The number of carboxylic acid groups (broad SMARTS) is 2. The van der Waals surface area contributed by atoms with Crippen LogP contribution in [-0.4, -0.2) is 117 Å². The lowest BCUT2D eigenvalue weighted by atomic mass is 9.95. The summed E-state index contributed by atoms with van der Waals surface area (Å²) in [7, 11) is 0. The highest BCUT2D eigenvalue weighted by molar-refractivity contribution is 7.99. The number of carbonyl (C=O) groups excluding carboxylic acids is 2. The highest BCUT2D eigenvalue weighted by Crippen LogP contribution is 2.47. The van der Waals surface area contributed by atoms with Crippen LogP contribution in [0.4, 0.5) is 8.78 Å². The first-order valence-electron chi connectivity index (χ1n) is 29.0. The standard InChI is InChI=1S/C24H28Cl2FNO.C17H23FO.C8H16.C6H9NO4.C5H7NO3S.C2H6/c1-15-9-22(18-3-4-18)24(13-23(15)27)29-14-17-5-7-28(8-6-17)16(2)19-10-20(25)12-21(26)11-19;1-11-3-4-13(7-11)10-19-17-9-16(18)12(2)8-15(17)14-5-6-14;1-3-8-5-4-7(2)6-8;8-3-7-2-4(9)1-5(7)6(10)11;7-2-6-3-10-1-4(6)5(8)9;1-2/h9-13,16-18H,3-8,14H2,1-2H3;8-9,11,13-14H,3-7,10H2,1-2H3;7-8H,3-6H2,1-2H3;3-5,9H,1-2H2,(H,10,11);2,4H,1,3H2,(H,8,9);1-2H3. The number of aliphatic carboxylic acids is 2. The predicted molar refractivity (Wildman–Crippen MR) is 313 cm³/mol. The average molecular weight is 1160 g/mol. The molecule has 3 aliphatic heterocycles. The molecule has 0 spiro atoms. The zero-order valence-corrected chi connectivity index (χ0v) is 50.3. The Hall–Kier alpha value is -4.15. The summed E-state index contributed by atoms with van der Waals surface area (Å²) in [4.78, 5) is 46.0. The molecule has 0 aromatic heterocycles. The molecule has 0 bridgehead atoms. The fraction of sp³-hybridized carbons (Fsp3) is 0.645. The molecule has 3 heterocycles. The van der Waals surface area contributed by atoms with E-state index in [0.717, 1.165) is 77.8 Å². The van der Waals surface area contributed by atoms with E-state index >= 15 is 0 Å². The molecule has 8 unspecified atom stereocenters. The first kappa shape index (κ1) is 65.7. The number of amides is 2. The van der Waals surface area contributed by atoms with Gasteiger partial charge in [0, 0.05) is 46.9 Å². The van der Waals surface area contributed by atoms with E-state index in [1.54, 1.807) is 18.2 Å². The number of rotatable bonds is 15. The minimum Gasteiger partial charge on any atom is -0.493 e. The Kier molecular flexibility index (Phi) is 27.0. The quantitative estimate of drug-likeness (QED) is 0.124. The van der Waals surface area contributed by atoms with Crippen molar-refractivity contribution in [3.8, 4) is 11.5 Å². The molecule has 12 nitrogen and oxygen atoms in total.